The summed E-state index contributed by atoms with van der Waals surface area (Å²) in [5.41, 5.74) is 7.31. The Balaban J connectivity index is 1.33. The second-order valence-electron chi connectivity index (χ2n) is 8.06. The van der Waals surface area contributed by atoms with Gasteiger partial charge in [0.1, 0.15) is 17.8 Å². The molecule has 3 heterocycles. The van der Waals surface area contributed by atoms with Crippen LogP contribution in [0, 0.1) is 5.82 Å². The minimum Gasteiger partial charge on any atom is -0.378 e. The van der Waals surface area contributed by atoms with E-state index in [1.54, 1.807) is 18.3 Å². The van der Waals surface area contributed by atoms with Crippen LogP contribution in [0.2, 0.25) is 0 Å². The van der Waals surface area contributed by atoms with Crippen LogP contribution in [0.5, 0.6) is 0 Å². The van der Waals surface area contributed by atoms with Crippen LogP contribution in [-0.2, 0) is 4.74 Å². The lowest BCUT2D eigenvalue weighted by molar-refractivity contribution is 0.122. The maximum atomic E-state index is 14.4. The Morgan fingerprint density at radius 2 is 1.85 bits per heavy atom. The molecule has 1 aromatic heterocycles. The number of aliphatic imine (C=N–C) groups is 1. The largest absolute Gasteiger partial charge is 0.378 e. The molecular weight excluding hydrogens is 421 g/mol. The lowest BCUT2D eigenvalue weighted by Crippen LogP contribution is -2.39. The van der Waals surface area contributed by atoms with Crippen LogP contribution in [0.15, 0.2) is 59.7 Å². The Morgan fingerprint density at radius 3 is 2.58 bits per heavy atom. The second-order valence-corrected chi connectivity index (χ2v) is 8.06. The van der Waals surface area contributed by atoms with Crippen LogP contribution >= 0.6 is 0 Å². The fourth-order valence-corrected chi connectivity index (χ4v) is 4.06. The van der Waals surface area contributed by atoms with Crippen LogP contribution in [0.3, 0.4) is 0 Å². The van der Waals surface area contributed by atoms with Crippen molar-refractivity contribution in [3.05, 3.63) is 60.5 Å². The van der Waals surface area contributed by atoms with E-state index in [0.29, 0.717) is 30.4 Å². The fourth-order valence-electron chi connectivity index (χ4n) is 4.06. The number of morpholine rings is 1. The van der Waals surface area contributed by atoms with Gasteiger partial charge in [0.05, 0.1) is 24.6 Å². The quantitative estimate of drug-likeness (QED) is 0.613. The Morgan fingerprint density at radius 1 is 1.06 bits per heavy atom. The summed E-state index contributed by atoms with van der Waals surface area (Å²) in [6.07, 6.45) is 1.71. The monoisotopic (exact) mass is 447 g/mol. The minimum atomic E-state index is -0.290. The average Bonchev–Trinajstić information content (AvgIpc) is 3.18. The van der Waals surface area contributed by atoms with Gasteiger partial charge >= 0.3 is 0 Å². The van der Waals surface area contributed by atoms with E-state index in [1.165, 1.54) is 6.07 Å². The van der Waals surface area contributed by atoms with Crippen LogP contribution < -0.4 is 20.7 Å². The molecule has 3 aromatic rings. The van der Waals surface area contributed by atoms with Crippen molar-refractivity contribution in [2.75, 3.05) is 41.5 Å². The van der Waals surface area contributed by atoms with Crippen molar-refractivity contribution in [3.63, 3.8) is 0 Å². The predicted octanol–water partition coefficient (Wildman–Crippen LogP) is 3.95. The van der Waals surface area contributed by atoms with Gasteiger partial charge in [-0.15, -0.1) is 0 Å². The van der Waals surface area contributed by atoms with E-state index in [-0.39, 0.29) is 12.0 Å². The molecule has 2 aliphatic heterocycles. The van der Waals surface area contributed by atoms with Gasteiger partial charge in [-0.1, -0.05) is 0 Å². The van der Waals surface area contributed by atoms with E-state index >= 15 is 0 Å². The SMILES string of the molecule is CC1=NC(C)N(c2ccc(Nc3nccc(-c4cc(F)cc(N5CCOCC5)c4)n3)cc2)N1. The van der Waals surface area contributed by atoms with Crippen LogP contribution in [0.1, 0.15) is 13.8 Å². The first kappa shape index (κ1) is 21.1. The summed E-state index contributed by atoms with van der Waals surface area (Å²) in [6, 6.07) is 14.7. The van der Waals surface area contributed by atoms with E-state index in [2.05, 4.69) is 30.6 Å². The number of hydrogen-bond acceptors (Lipinski definition) is 8. The summed E-state index contributed by atoms with van der Waals surface area (Å²) in [4.78, 5) is 15.6. The smallest absolute Gasteiger partial charge is 0.227 e. The molecule has 1 fully saturated rings. The summed E-state index contributed by atoms with van der Waals surface area (Å²) in [6.45, 7) is 6.75. The van der Waals surface area contributed by atoms with Gasteiger partial charge in [0.15, 0.2) is 0 Å². The highest BCUT2D eigenvalue weighted by Gasteiger charge is 2.20. The Bertz CT molecular complexity index is 1160. The highest BCUT2D eigenvalue weighted by Crippen LogP contribution is 2.27. The number of hydrogen-bond donors (Lipinski definition) is 2. The molecule has 0 bridgehead atoms. The first-order valence-corrected chi connectivity index (χ1v) is 11.0. The molecule has 1 unspecified atom stereocenters. The van der Waals surface area contributed by atoms with Gasteiger partial charge in [-0.05, 0) is 62.4 Å². The van der Waals surface area contributed by atoms with Crippen molar-refractivity contribution in [2.45, 2.75) is 20.0 Å². The zero-order valence-electron chi connectivity index (χ0n) is 18.6. The lowest BCUT2D eigenvalue weighted by Gasteiger charge is -2.29. The van der Waals surface area contributed by atoms with Crippen molar-refractivity contribution in [1.82, 2.24) is 15.4 Å². The number of halogens is 1. The fraction of sp³-hybridized carbons (Fsp3) is 0.292. The van der Waals surface area contributed by atoms with Gasteiger partial charge in [0.2, 0.25) is 5.95 Å². The predicted molar refractivity (Wildman–Crippen MR) is 128 cm³/mol. The normalized spacial score (nSPS) is 18.2. The van der Waals surface area contributed by atoms with Gasteiger partial charge in [-0.3, -0.25) is 10.4 Å². The molecule has 5 rings (SSSR count). The molecule has 0 aliphatic carbocycles. The molecule has 0 spiro atoms. The molecule has 33 heavy (non-hydrogen) atoms. The summed E-state index contributed by atoms with van der Waals surface area (Å²) < 4.78 is 19.8. The topological polar surface area (TPSA) is 77.9 Å². The molecule has 0 amide bonds. The van der Waals surface area contributed by atoms with Crippen LogP contribution in [0.4, 0.5) is 27.4 Å². The Kier molecular flexibility index (Phi) is 5.78. The molecule has 0 saturated carbocycles. The van der Waals surface area contributed by atoms with Crippen LogP contribution in [0.25, 0.3) is 11.3 Å². The third kappa shape index (κ3) is 4.73. The van der Waals surface area contributed by atoms with Gasteiger partial charge < -0.3 is 15.0 Å². The highest BCUT2D eigenvalue weighted by atomic mass is 19.1. The van der Waals surface area contributed by atoms with E-state index in [4.69, 9.17) is 4.74 Å². The number of ether oxygens (including phenoxy) is 1. The molecular formula is C24H26FN7O. The molecule has 1 atom stereocenters. The third-order valence-corrected chi connectivity index (χ3v) is 5.65. The summed E-state index contributed by atoms with van der Waals surface area (Å²) in [5.74, 6) is 1.05. The standard InChI is InChI=1S/C24H26FN7O/c1-16-27-17(2)32(30-16)21-5-3-20(4-6-21)28-24-26-8-7-23(29-24)18-13-19(25)15-22(14-18)31-9-11-33-12-10-31/h3-8,13-15,17H,9-12H2,1-2H3,(H,27,30)(H,26,28,29). The number of hydrazine groups is 1. The number of aromatic nitrogens is 2. The van der Waals surface area contributed by atoms with Crippen molar-refractivity contribution in [3.8, 4) is 11.3 Å². The molecule has 1 saturated heterocycles. The number of anilines is 4. The second kappa shape index (κ2) is 9.03. The Labute approximate surface area is 192 Å². The molecule has 8 nitrogen and oxygen atoms in total. The Hall–Kier alpha value is -3.72. The van der Waals surface area contributed by atoms with E-state index < -0.39 is 0 Å². The number of rotatable bonds is 5. The van der Waals surface area contributed by atoms with Crippen molar-refractivity contribution >= 4 is 28.8 Å². The maximum Gasteiger partial charge on any atom is 0.227 e. The molecule has 2 N–H and O–H groups in total. The zero-order valence-corrected chi connectivity index (χ0v) is 18.6. The van der Waals surface area contributed by atoms with Crippen molar-refractivity contribution < 1.29 is 9.13 Å². The third-order valence-electron chi connectivity index (χ3n) is 5.65. The number of amidine groups is 1. The zero-order chi connectivity index (χ0) is 22.8. The first-order valence-electron chi connectivity index (χ1n) is 11.0. The van der Waals surface area contributed by atoms with Crippen molar-refractivity contribution in [2.24, 2.45) is 4.99 Å². The first-order chi connectivity index (χ1) is 16.0. The van der Waals surface area contributed by atoms with Gasteiger partial charge in [0, 0.05) is 36.2 Å². The van der Waals surface area contributed by atoms with Crippen molar-refractivity contribution in [1.29, 1.82) is 0 Å². The summed E-state index contributed by atoms with van der Waals surface area (Å²) in [7, 11) is 0. The maximum absolute atomic E-state index is 14.4. The number of nitrogens with zero attached hydrogens (tertiary/aromatic N) is 5. The molecule has 0 radical (unpaired) electrons. The number of benzene rings is 2. The molecule has 2 aromatic carbocycles. The summed E-state index contributed by atoms with van der Waals surface area (Å²) >= 11 is 0. The lowest BCUT2D eigenvalue weighted by atomic mass is 10.1. The van der Waals surface area contributed by atoms with Gasteiger partial charge in [-0.25, -0.2) is 19.4 Å². The molecule has 2 aliphatic rings. The van der Waals surface area contributed by atoms with E-state index in [0.717, 1.165) is 36.0 Å². The minimum absolute atomic E-state index is 0.0393. The van der Waals surface area contributed by atoms with Gasteiger partial charge in [-0.2, -0.15) is 0 Å². The van der Waals surface area contributed by atoms with Gasteiger partial charge in [0.25, 0.3) is 0 Å². The average molecular weight is 448 g/mol. The van der Waals surface area contributed by atoms with Crippen LogP contribution in [-0.4, -0.2) is 48.3 Å². The van der Waals surface area contributed by atoms with E-state index in [9.17, 15) is 4.39 Å². The molecule has 9 heteroatoms. The summed E-state index contributed by atoms with van der Waals surface area (Å²) in [5, 5.41) is 5.24. The molecule has 170 valence electrons. The van der Waals surface area contributed by atoms with E-state index in [1.807, 2.05) is 49.2 Å². The number of nitrogens with one attached hydrogen (secondary N) is 2. The highest BCUT2D eigenvalue weighted by molar-refractivity contribution is 5.84.